The van der Waals surface area contributed by atoms with Gasteiger partial charge in [-0.1, -0.05) is 0 Å². The summed E-state index contributed by atoms with van der Waals surface area (Å²) in [5.41, 5.74) is 0. The van der Waals surface area contributed by atoms with E-state index in [1.165, 1.54) is 0 Å². The van der Waals surface area contributed by atoms with Crippen molar-refractivity contribution < 1.29 is 23.7 Å². The Morgan fingerprint density at radius 2 is 1.50 bits per heavy atom. The number of rotatable bonds is 0. The second-order valence-corrected chi connectivity index (χ2v) is 5.39. The van der Waals surface area contributed by atoms with Crippen LogP contribution in [0.15, 0.2) is 0 Å². The van der Waals surface area contributed by atoms with Crippen LogP contribution in [0.1, 0.15) is 0 Å². The Bertz CT molecular complexity index is 54.4. The van der Waals surface area contributed by atoms with Gasteiger partial charge in [0, 0.05) is 0 Å². The van der Waals surface area contributed by atoms with E-state index in [1.54, 1.807) is 0 Å². The van der Waals surface area contributed by atoms with E-state index in [4.69, 9.17) is 0 Å². The van der Waals surface area contributed by atoms with Gasteiger partial charge in [-0.15, -0.1) is 0 Å². The minimum atomic E-state index is -2.69. The average Bonchev–Trinajstić information content (AvgIpc) is 0.811. The summed E-state index contributed by atoms with van der Waals surface area (Å²) in [7, 11) is 0.404. The molecule has 0 rings (SSSR count). The first kappa shape index (κ1) is 4.53. The SMILES string of the molecule is [O]=[Ti](=[O])[SiH3]. The van der Waals surface area contributed by atoms with Gasteiger partial charge in [-0.25, -0.2) is 0 Å². The molecule has 4 heteroatoms. The summed E-state index contributed by atoms with van der Waals surface area (Å²) in [6.07, 6.45) is 0. The summed E-state index contributed by atoms with van der Waals surface area (Å²) in [6, 6.07) is 0. The van der Waals surface area contributed by atoms with Gasteiger partial charge >= 0.3 is 31.8 Å². The van der Waals surface area contributed by atoms with Crippen molar-refractivity contribution in [2.75, 3.05) is 0 Å². The normalized spacial score (nSPS) is 7.00. The minimum absolute atomic E-state index is 0.404. The number of hydrogen-bond acceptors (Lipinski definition) is 2. The fourth-order valence-corrected chi connectivity index (χ4v) is 0. The Balaban J connectivity index is 3.51. The molecule has 0 saturated heterocycles. The molecule has 0 saturated carbocycles. The third-order valence-electron chi connectivity index (χ3n) is 0. The molecule has 4 heavy (non-hydrogen) atoms. The number of hydrogen-bond donors (Lipinski definition) is 0. The van der Waals surface area contributed by atoms with Gasteiger partial charge in [-0.2, -0.15) is 0 Å². The first-order chi connectivity index (χ1) is 1.73. The topological polar surface area (TPSA) is 34.1 Å². The summed E-state index contributed by atoms with van der Waals surface area (Å²) in [5, 5.41) is 0. The molecule has 0 amide bonds. The molecule has 0 aliphatic carbocycles. The van der Waals surface area contributed by atoms with Gasteiger partial charge in [0.25, 0.3) is 0 Å². The second-order valence-electron chi connectivity index (χ2n) is 0.492. The Morgan fingerprint density at radius 1 is 1.50 bits per heavy atom. The van der Waals surface area contributed by atoms with Crippen LogP contribution >= 0.6 is 0 Å². The molecule has 2 nitrogen and oxygen atoms in total. The van der Waals surface area contributed by atoms with Crippen LogP contribution in [0.5, 0.6) is 0 Å². The maximum atomic E-state index is 9.20. The van der Waals surface area contributed by atoms with Crippen LogP contribution in [0.25, 0.3) is 0 Å². The van der Waals surface area contributed by atoms with Crippen molar-refractivity contribution in [2.24, 2.45) is 0 Å². The molecular formula is H3O2SiTi. The van der Waals surface area contributed by atoms with Gasteiger partial charge < -0.3 is 0 Å². The summed E-state index contributed by atoms with van der Waals surface area (Å²) >= 11 is -2.69. The van der Waals surface area contributed by atoms with Crippen molar-refractivity contribution in [1.82, 2.24) is 0 Å². The molecule has 23 valence electrons. The van der Waals surface area contributed by atoms with Gasteiger partial charge in [0.2, 0.25) is 0 Å². The van der Waals surface area contributed by atoms with Gasteiger partial charge in [-0.3, -0.25) is 0 Å². The molecule has 0 unspecified atom stereocenters. The van der Waals surface area contributed by atoms with E-state index in [9.17, 15) is 6.65 Å². The Labute approximate surface area is 32.3 Å². The van der Waals surface area contributed by atoms with Crippen molar-refractivity contribution in [2.45, 2.75) is 0 Å². The van der Waals surface area contributed by atoms with Crippen molar-refractivity contribution in [3.8, 4) is 0 Å². The van der Waals surface area contributed by atoms with Gasteiger partial charge in [0.15, 0.2) is 0 Å². The fraction of sp³-hybridized carbons (Fsp3) is 0. The van der Waals surface area contributed by atoms with Crippen LogP contribution in [-0.4, -0.2) is 8.11 Å². The van der Waals surface area contributed by atoms with Gasteiger partial charge in [-0.05, 0) is 0 Å². The molecule has 0 radical (unpaired) electrons. The molecule has 0 atom stereocenters. The molecule has 0 heterocycles. The molecule has 0 aromatic heterocycles. The van der Waals surface area contributed by atoms with Crippen molar-refractivity contribution in [3.63, 3.8) is 0 Å². The van der Waals surface area contributed by atoms with Crippen molar-refractivity contribution in [1.29, 1.82) is 0 Å². The zero-order chi connectivity index (χ0) is 3.58. The van der Waals surface area contributed by atoms with Crippen molar-refractivity contribution in [3.05, 3.63) is 0 Å². The monoisotopic (exact) mass is 111 g/mol. The predicted molar refractivity (Wildman–Crippen MR) is 11.3 cm³/mol. The van der Waals surface area contributed by atoms with Crippen LogP contribution in [0.3, 0.4) is 0 Å². The van der Waals surface area contributed by atoms with E-state index >= 15 is 0 Å². The Kier molecular flexibility index (Phi) is 2.06. The standard InChI is InChI=1S/2O.H3Si.Ti/h;;1H3;. The summed E-state index contributed by atoms with van der Waals surface area (Å²) in [4.78, 5) is 0. The van der Waals surface area contributed by atoms with E-state index in [0.717, 1.165) is 0 Å². The van der Waals surface area contributed by atoms with E-state index in [0.29, 0.717) is 8.11 Å². The summed E-state index contributed by atoms with van der Waals surface area (Å²) in [5.74, 6) is 0. The first-order valence-electron chi connectivity index (χ1n) is 0.908. The average molecular weight is 111 g/mol. The van der Waals surface area contributed by atoms with Crippen LogP contribution in [-0.2, 0) is 23.7 Å². The second kappa shape index (κ2) is 1.81. The van der Waals surface area contributed by atoms with E-state index in [2.05, 4.69) is 0 Å². The van der Waals surface area contributed by atoms with Crippen molar-refractivity contribution >= 4 is 8.11 Å². The molecule has 0 N–H and O–H groups in total. The predicted octanol–water partition coefficient (Wildman–Crippen LogP) is -1.42. The van der Waals surface area contributed by atoms with E-state index in [1.807, 2.05) is 0 Å². The zero-order valence-electron chi connectivity index (χ0n) is 2.32. The quantitative estimate of drug-likeness (QED) is 0.359. The van der Waals surface area contributed by atoms with Crippen LogP contribution in [0, 0.1) is 0 Å². The maximum absolute atomic E-state index is 9.20. The molecule has 0 aliphatic rings. The van der Waals surface area contributed by atoms with Gasteiger partial charge in [0.05, 0.1) is 0 Å². The fourth-order valence-electron chi connectivity index (χ4n) is 0. The molecule has 0 aromatic carbocycles. The summed E-state index contributed by atoms with van der Waals surface area (Å²) < 4.78 is 18.4. The molecule has 0 fully saturated rings. The molecule has 0 aliphatic heterocycles. The Morgan fingerprint density at radius 3 is 1.50 bits per heavy atom. The Hall–Kier alpha value is 0.531. The first-order valence-corrected chi connectivity index (χ1v) is 7.87. The molecule has 0 spiro atoms. The molecular weight excluding hydrogens is 108 g/mol. The third kappa shape index (κ3) is 21.0. The van der Waals surface area contributed by atoms with Gasteiger partial charge in [0.1, 0.15) is 0 Å². The molecule has 0 bridgehead atoms. The van der Waals surface area contributed by atoms with E-state index in [-0.39, 0.29) is 0 Å². The van der Waals surface area contributed by atoms with E-state index < -0.39 is 17.1 Å². The van der Waals surface area contributed by atoms with Crippen LogP contribution in [0.2, 0.25) is 0 Å². The van der Waals surface area contributed by atoms with Crippen LogP contribution in [0.4, 0.5) is 0 Å². The zero-order valence-corrected chi connectivity index (χ0v) is 5.88. The summed E-state index contributed by atoms with van der Waals surface area (Å²) in [6.45, 7) is 0. The van der Waals surface area contributed by atoms with Crippen LogP contribution < -0.4 is 0 Å². The third-order valence-corrected chi connectivity index (χ3v) is 0. The molecule has 0 aromatic rings.